The number of anilines is 1. The quantitative estimate of drug-likeness (QED) is 0.135. The minimum Gasteiger partial charge on any atom is -0.497 e. The number of carbonyl (C=O) groups excluding carboxylic acids is 4. The molecule has 40 heavy (non-hydrogen) atoms. The Balaban J connectivity index is 1.46. The Morgan fingerprint density at radius 1 is 0.975 bits per heavy atom. The number of carbonyl (C=O) groups is 4. The number of rotatable bonds is 8. The monoisotopic (exact) mass is 563 g/mol. The van der Waals surface area contributed by atoms with E-state index in [4.69, 9.17) is 14.2 Å². The van der Waals surface area contributed by atoms with Crippen molar-refractivity contribution in [2.75, 3.05) is 19.0 Å². The molecule has 11 heteroatoms. The third kappa shape index (κ3) is 6.55. The van der Waals surface area contributed by atoms with Crippen LogP contribution in [0.3, 0.4) is 0 Å². The van der Waals surface area contributed by atoms with Gasteiger partial charge in [-0.15, -0.1) is 11.3 Å². The minimum absolute atomic E-state index is 0.196. The standard InChI is InChI=1S/C29H29N3O7S/c1-4-38-29(36)24-21-13-6-8-15-23(21)40-27(24)30-25(33)26(34)32-31-17(2)20-12-5-7-14-22(20)39-28(35)18-10-9-11-19(16-18)37-3/h5,7,9-12,14,16H,4,6,8,13,15H2,1-3H3,(H,30,33)(H,32,34)/b31-17+. The fraction of sp³-hybridized carbons (Fsp3) is 0.276. The molecule has 1 aliphatic rings. The van der Waals surface area contributed by atoms with E-state index in [1.54, 1.807) is 62.4 Å². The van der Waals surface area contributed by atoms with Crippen molar-refractivity contribution in [3.8, 4) is 11.5 Å². The number of aryl methyl sites for hydroxylation is 1. The second kappa shape index (κ2) is 13.0. The van der Waals surface area contributed by atoms with Crippen LogP contribution in [-0.4, -0.2) is 43.2 Å². The average Bonchev–Trinajstić information content (AvgIpc) is 3.33. The van der Waals surface area contributed by atoms with E-state index in [-0.39, 0.29) is 12.4 Å². The Bertz CT molecular complexity index is 1480. The van der Waals surface area contributed by atoms with Crippen LogP contribution in [0.1, 0.15) is 63.4 Å². The predicted molar refractivity (Wildman–Crippen MR) is 150 cm³/mol. The van der Waals surface area contributed by atoms with Crippen LogP contribution in [0.5, 0.6) is 11.5 Å². The van der Waals surface area contributed by atoms with Gasteiger partial charge in [-0.3, -0.25) is 9.59 Å². The second-order valence-corrected chi connectivity index (χ2v) is 9.95. The molecular formula is C29H29N3O7S. The van der Waals surface area contributed by atoms with Gasteiger partial charge >= 0.3 is 23.8 Å². The predicted octanol–water partition coefficient (Wildman–Crippen LogP) is 4.51. The van der Waals surface area contributed by atoms with Crippen molar-refractivity contribution in [1.82, 2.24) is 5.43 Å². The van der Waals surface area contributed by atoms with Gasteiger partial charge in [0.2, 0.25) is 0 Å². The number of thiophene rings is 1. The lowest BCUT2D eigenvalue weighted by atomic mass is 9.95. The molecule has 2 amide bonds. The smallest absolute Gasteiger partial charge is 0.343 e. The van der Waals surface area contributed by atoms with Crippen molar-refractivity contribution in [3.05, 3.63) is 75.7 Å². The van der Waals surface area contributed by atoms with E-state index in [9.17, 15) is 19.2 Å². The van der Waals surface area contributed by atoms with Crippen molar-refractivity contribution in [2.24, 2.45) is 5.10 Å². The number of benzene rings is 2. The number of methoxy groups -OCH3 is 1. The number of nitrogens with one attached hydrogen (secondary N) is 2. The highest BCUT2D eigenvalue weighted by Crippen LogP contribution is 2.38. The van der Waals surface area contributed by atoms with Gasteiger partial charge in [0.1, 0.15) is 16.5 Å². The van der Waals surface area contributed by atoms with E-state index in [1.807, 2.05) is 0 Å². The maximum Gasteiger partial charge on any atom is 0.343 e. The molecule has 0 bridgehead atoms. The molecule has 0 saturated carbocycles. The summed E-state index contributed by atoms with van der Waals surface area (Å²) in [6, 6.07) is 13.2. The third-order valence-electron chi connectivity index (χ3n) is 6.19. The van der Waals surface area contributed by atoms with E-state index in [1.165, 1.54) is 18.4 Å². The summed E-state index contributed by atoms with van der Waals surface area (Å²) < 4.78 is 15.9. The molecule has 2 N–H and O–H groups in total. The van der Waals surface area contributed by atoms with Gasteiger partial charge in [0.25, 0.3) is 0 Å². The summed E-state index contributed by atoms with van der Waals surface area (Å²) in [4.78, 5) is 51.7. The van der Waals surface area contributed by atoms with Gasteiger partial charge in [-0.25, -0.2) is 15.0 Å². The van der Waals surface area contributed by atoms with Crippen LogP contribution in [0.25, 0.3) is 0 Å². The summed E-state index contributed by atoms with van der Waals surface area (Å²) >= 11 is 1.29. The summed E-state index contributed by atoms with van der Waals surface area (Å²) in [6.45, 7) is 3.50. The topological polar surface area (TPSA) is 132 Å². The van der Waals surface area contributed by atoms with Gasteiger partial charge in [0, 0.05) is 10.4 Å². The normalized spacial score (nSPS) is 12.6. The number of fused-ring (bicyclic) bond motifs is 1. The summed E-state index contributed by atoms with van der Waals surface area (Å²) in [6.07, 6.45) is 3.45. The van der Waals surface area contributed by atoms with Crippen LogP contribution in [0.4, 0.5) is 5.00 Å². The molecule has 2 aromatic carbocycles. The molecule has 3 aromatic rings. The Labute approximate surface area is 235 Å². The molecule has 10 nitrogen and oxygen atoms in total. The Morgan fingerprint density at radius 2 is 1.75 bits per heavy atom. The number of para-hydroxylation sites is 1. The van der Waals surface area contributed by atoms with Crippen molar-refractivity contribution in [2.45, 2.75) is 39.5 Å². The minimum atomic E-state index is -1.02. The SMILES string of the molecule is CCOC(=O)c1c(NC(=O)C(=O)N/N=C(\C)c2ccccc2OC(=O)c2cccc(OC)c2)sc2c1CCCC2. The average molecular weight is 564 g/mol. The molecule has 0 fully saturated rings. The maximum atomic E-state index is 12.7. The van der Waals surface area contributed by atoms with E-state index < -0.39 is 23.8 Å². The maximum absolute atomic E-state index is 12.7. The van der Waals surface area contributed by atoms with E-state index in [0.29, 0.717) is 39.6 Å². The zero-order valence-electron chi connectivity index (χ0n) is 22.4. The van der Waals surface area contributed by atoms with E-state index in [2.05, 4.69) is 15.8 Å². The summed E-state index contributed by atoms with van der Waals surface area (Å²) in [7, 11) is 1.50. The highest BCUT2D eigenvalue weighted by atomic mass is 32.1. The van der Waals surface area contributed by atoms with Crippen LogP contribution >= 0.6 is 11.3 Å². The van der Waals surface area contributed by atoms with Gasteiger partial charge in [-0.1, -0.05) is 18.2 Å². The molecule has 4 rings (SSSR count). The Morgan fingerprint density at radius 3 is 2.52 bits per heavy atom. The zero-order chi connectivity index (χ0) is 28.6. The lowest BCUT2D eigenvalue weighted by molar-refractivity contribution is -0.136. The van der Waals surface area contributed by atoms with Gasteiger partial charge in [-0.2, -0.15) is 5.10 Å². The first-order valence-electron chi connectivity index (χ1n) is 12.7. The second-order valence-electron chi connectivity index (χ2n) is 8.85. The molecule has 0 unspecified atom stereocenters. The molecule has 0 radical (unpaired) electrons. The molecule has 0 spiro atoms. The highest BCUT2D eigenvalue weighted by Gasteiger charge is 2.28. The number of hydrazone groups is 1. The van der Waals surface area contributed by atoms with Crippen molar-refractivity contribution < 1.29 is 33.4 Å². The zero-order valence-corrected chi connectivity index (χ0v) is 23.2. The van der Waals surface area contributed by atoms with Gasteiger partial charge in [-0.05, 0) is 75.4 Å². The first-order chi connectivity index (χ1) is 19.3. The summed E-state index contributed by atoms with van der Waals surface area (Å²) in [5, 5.41) is 6.88. The van der Waals surface area contributed by atoms with E-state index in [0.717, 1.165) is 29.7 Å². The third-order valence-corrected chi connectivity index (χ3v) is 7.40. The van der Waals surface area contributed by atoms with Crippen molar-refractivity contribution in [3.63, 3.8) is 0 Å². The molecule has 1 aliphatic carbocycles. The van der Waals surface area contributed by atoms with Gasteiger partial charge < -0.3 is 19.5 Å². The van der Waals surface area contributed by atoms with Crippen LogP contribution in [0, 0.1) is 0 Å². The van der Waals surface area contributed by atoms with Crippen molar-refractivity contribution in [1.29, 1.82) is 0 Å². The van der Waals surface area contributed by atoms with E-state index >= 15 is 0 Å². The Kier molecular flexibility index (Phi) is 9.28. The molecule has 0 aliphatic heterocycles. The number of hydrogen-bond acceptors (Lipinski definition) is 9. The first-order valence-corrected chi connectivity index (χ1v) is 13.6. The summed E-state index contributed by atoms with van der Waals surface area (Å²) in [5.41, 5.74) is 4.46. The molecule has 208 valence electrons. The van der Waals surface area contributed by atoms with Crippen LogP contribution in [0.2, 0.25) is 0 Å². The fourth-order valence-corrected chi connectivity index (χ4v) is 5.51. The lowest BCUT2D eigenvalue weighted by Gasteiger charge is -2.12. The Hall–Kier alpha value is -4.51. The molecular weight excluding hydrogens is 534 g/mol. The van der Waals surface area contributed by atoms with Gasteiger partial charge in [0.15, 0.2) is 0 Å². The number of amides is 2. The molecule has 1 aromatic heterocycles. The molecule has 0 saturated heterocycles. The molecule has 1 heterocycles. The van der Waals surface area contributed by atoms with Crippen LogP contribution in [0.15, 0.2) is 53.6 Å². The molecule has 0 atom stereocenters. The lowest BCUT2D eigenvalue weighted by Crippen LogP contribution is -2.33. The number of hydrogen-bond donors (Lipinski definition) is 2. The van der Waals surface area contributed by atoms with Gasteiger partial charge in [0.05, 0.1) is 30.6 Å². The first kappa shape index (κ1) is 28.5. The number of ether oxygens (including phenoxy) is 3. The fourth-order valence-electron chi connectivity index (χ4n) is 4.24. The van der Waals surface area contributed by atoms with Crippen molar-refractivity contribution >= 4 is 45.8 Å². The van der Waals surface area contributed by atoms with Crippen LogP contribution < -0.4 is 20.2 Å². The summed E-state index contributed by atoms with van der Waals surface area (Å²) in [5.74, 6) is -2.38. The number of nitrogens with zero attached hydrogens (tertiary/aromatic N) is 1. The van der Waals surface area contributed by atoms with Crippen LogP contribution in [-0.2, 0) is 27.2 Å². The highest BCUT2D eigenvalue weighted by molar-refractivity contribution is 7.17. The number of esters is 2. The largest absolute Gasteiger partial charge is 0.497 e.